The molecule has 0 saturated heterocycles. The average Bonchev–Trinajstić information content (AvgIpc) is 2.43. The molecule has 0 bridgehead atoms. The van der Waals surface area contributed by atoms with Crippen LogP contribution in [-0.2, 0) is 13.0 Å². The Morgan fingerprint density at radius 2 is 1.80 bits per heavy atom. The number of hydrogen-bond donors (Lipinski definition) is 1. The van der Waals surface area contributed by atoms with Gasteiger partial charge in [0.25, 0.3) is 0 Å². The van der Waals surface area contributed by atoms with E-state index in [1.54, 1.807) is 6.07 Å². The third kappa shape index (κ3) is 4.53. The molecule has 0 heterocycles. The van der Waals surface area contributed by atoms with Gasteiger partial charge in [0.05, 0.1) is 0 Å². The van der Waals surface area contributed by atoms with Crippen LogP contribution in [0.4, 0.5) is 10.1 Å². The molecule has 1 N–H and O–H groups in total. The zero-order valence-electron chi connectivity index (χ0n) is 11.6. The van der Waals surface area contributed by atoms with Crippen molar-refractivity contribution in [2.24, 2.45) is 0 Å². The molecule has 106 valence electrons. The molecule has 0 unspecified atom stereocenters. The van der Waals surface area contributed by atoms with Gasteiger partial charge < -0.3 is 5.32 Å². The number of unbranched alkanes of at least 4 members (excludes halogenated alkanes) is 1. The molecular formula is C17H19ClFN. The first kappa shape index (κ1) is 14.9. The van der Waals surface area contributed by atoms with Crippen LogP contribution in [0, 0.1) is 5.82 Å². The number of halogens is 2. The smallest absolute Gasteiger partial charge is 0.125 e. The van der Waals surface area contributed by atoms with Crippen molar-refractivity contribution in [1.29, 1.82) is 0 Å². The second kappa shape index (κ2) is 7.30. The van der Waals surface area contributed by atoms with Gasteiger partial charge in [-0.1, -0.05) is 37.1 Å². The van der Waals surface area contributed by atoms with E-state index in [1.165, 1.54) is 30.5 Å². The minimum Gasteiger partial charge on any atom is -0.381 e. The van der Waals surface area contributed by atoms with Gasteiger partial charge in [0, 0.05) is 17.3 Å². The molecule has 0 radical (unpaired) electrons. The lowest BCUT2D eigenvalue weighted by atomic mass is 10.1. The molecule has 2 aromatic carbocycles. The second-order valence-electron chi connectivity index (χ2n) is 4.93. The molecule has 0 spiro atoms. The fourth-order valence-electron chi connectivity index (χ4n) is 2.09. The predicted octanol–water partition coefficient (Wildman–Crippen LogP) is 5.43. The van der Waals surface area contributed by atoms with Crippen LogP contribution >= 0.6 is 11.6 Å². The molecule has 20 heavy (non-hydrogen) atoms. The number of hydrogen-bond acceptors (Lipinski definition) is 1. The summed E-state index contributed by atoms with van der Waals surface area (Å²) in [6.07, 6.45) is 3.55. The van der Waals surface area contributed by atoms with Gasteiger partial charge in [0.2, 0.25) is 0 Å². The molecule has 2 aromatic rings. The van der Waals surface area contributed by atoms with Crippen LogP contribution in [0.2, 0.25) is 5.02 Å². The highest BCUT2D eigenvalue weighted by atomic mass is 35.5. The Bertz CT molecular complexity index is 531. The highest BCUT2D eigenvalue weighted by molar-refractivity contribution is 6.30. The molecule has 0 saturated carbocycles. The first-order valence-corrected chi connectivity index (χ1v) is 7.33. The molecule has 0 amide bonds. The fourth-order valence-corrected chi connectivity index (χ4v) is 2.33. The summed E-state index contributed by atoms with van der Waals surface area (Å²) in [4.78, 5) is 0. The zero-order chi connectivity index (χ0) is 14.4. The normalized spacial score (nSPS) is 10.6. The van der Waals surface area contributed by atoms with E-state index in [4.69, 9.17) is 11.6 Å². The van der Waals surface area contributed by atoms with Gasteiger partial charge in [-0.3, -0.25) is 0 Å². The lowest BCUT2D eigenvalue weighted by Crippen LogP contribution is -2.00. The minimum absolute atomic E-state index is 0.302. The van der Waals surface area contributed by atoms with Gasteiger partial charge in [-0.15, -0.1) is 0 Å². The molecule has 2 rings (SSSR count). The molecule has 0 aliphatic rings. The Hall–Kier alpha value is -1.54. The average molecular weight is 292 g/mol. The summed E-state index contributed by atoms with van der Waals surface area (Å²) in [5.41, 5.74) is 3.22. The number of benzene rings is 2. The van der Waals surface area contributed by atoms with E-state index in [0.29, 0.717) is 11.6 Å². The Morgan fingerprint density at radius 3 is 2.45 bits per heavy atom. The highest BCUT2D eigenvalue weighted by Gasteiger charge is 2.00. The van der Waals surface area contributed by atoms with Crippen LogP contribution in [0.3, 0.4) is 0 Å². The van der Waals surface area contributed by atoms with Crippen molar-refractivity contribution in [3.63, 3.8) is 0 Å². The summed E-state index contributed by atoms with van der Waals surface area (Å²) in [5, 5.41) is 3.70. The molecule has 0 aliphatic heterocycles. The number of anilines is 1. The molecule has 3 heteroatoms. The monoisotopic (exact) mass is 291 g/mol. The summed E-state index contributed by atoms with van der Waals surface area (Å²) in [6, 6.07) is 13.0. The van der Waals surface area contributed by atoms with Crippen LogP contribution in [0.1, 0.15) is 30.9 Å². The Morgan fingerprint density at radius 1 is 1.05 bits per heavy atom. The standard InChI is InChI=1S/C17H19ClFN/c1-2-3-4-13-5-7-17(8-6-13)20-12-14-9-15(18)11-16(19)10-14/h5-11,20H,2-4,12H2,1H3. The summed E-state index contributed by atoms with van der Waals surface area (Å²) >= 11 is 5.83. The quantitative estimate of drug-likeness (QED) is 0.748. The van der Waals surface area contributed by atoms with E-state index in [1.807, 2.05) is 0 Å². The van der Waals surface area contributed by atoms with Crippen molar-refractivity contribution < 1.29 is 4.39 Å². The lowest BCUT2D eigenvalue weighted by molar-refractivity contribution is 0.626. The topological polar surface area (TPSA) is 12.0 Å². The largest absolute Gasteiger partial charge is 0.381 e. The minimum atomic E-state index is -0.302. The van der Waals surface area contributed by atoms with Crippen molar-refractivity contribution in [1.82, 2.24) is 0 Å². The highest BCUT2D eigenvalue weighted by Crippen LogP contribution is 2.16. The van der Waals surface area contributed by atoms with E-state index in [2.05, 4.69) is 36.5 Å². The predicted molar refractivity (Wildman–Crippen MR) is 83.8 cm³/mol. The lowest BCUT2D eigenvalue weighted by Gasteiger charge is -2.08. The molecule has 0 aliphatic carbocycles. The van der Waals surface area contributed by atoms with Gasteiger partial charge in [0.15, 0.2) is 0 Å². The van der Waals surface area contributed by atoms with Crippen molar-refractivity contribution in [2.45, 2.75) is 32.7 Å². The maximum Gasteiger partial charge on any atom is 0.125 e. The maximum atomic E-state index is 13.2. The summed E-state index contributed by atoms with van der Waals surface area (Å²) in [7, 11) is 0. The van der Waals surface area contributed by atoms with Crippen molar-refractivity contribution in [2.75, 3.05) is 5.32 Å². The van der Waals surface area contributed by atoms with Gasteiger partial charge >= 0.3 is 0 Å². The Kier molecular flexibility index (Phi) is 5.42. The van der Waals surface area contributed by atoms with Crippen LogP contribution in [0.25, 0.3) is 0 Å². The third-order valence-corrected chi connectivity index (χ3v) is 3.41. The van der Waals surface area contributed by atoms with E-state index >= 15 is 0 Å². The molecule has 0 fully saturated rings. The summed E-state index contributed by atoms with van der Waals surface area (Å²) in [6.45, 7) is 2.76. The first-order valence-electron chi connectivity index (χ1n) is 6.95. The fraction of sp³-hybridized carbons (Fsp3) is 0.294. The second-order valence-corrected chi connectivity index (χ2v) is 5.37. The van der Waals surface area contributed by atoms with Crippen LogP contribution in [0.15, 0.2) is 42.5 Å². The number of aryl methyl sites for hydroxylation is 1. The molecule has 0 aromatic heterocycles. The first-order chi connectivity index (χ1) is 9.67. The summed E-state index contributed by atoms with van der Waals surface area (Å²) in [5.74, 6) is -0.302. The van der Waals surface area contributed by atoms with Crippen molar-refractivity contribution in [3.8, 4) is 0 Å². The summed E-state index contributed by atoms with van der Waals surface area (Å²) < 4.78 is 13.2. The van der Waals surface area contributed by atoms with Gasteiger partial charge in [-0.2, -0.15) is 0 Å². The SMILES string of the molecule is CCCCc1ccc(NCc2cc(F)cc(Cl)c2)cc1. The zero-order valence-corrected chi connectivity index (χ0v) is 12.4. The van der Waals surface area contributed by atoms with Gasteiger partial charge in [-0.25, -0.2) is 4.39 Å². The molecule has 0 atom stereocenters. The molecule has 1 nitrogen and oxygen atoms in total. The van der Waals surface area contributed by atoms with Crippen LogP contribution in [-0.4, -0.2) is 0 Å². The van der Waals surface area contributed by atoms with E-state index < -0.39 is 0 Å². The Balaban J connectivity index is 1.93. The van der Waals surface area contributed by atoms with Crippen molar-refractivity contribution >= 4 is 17.3 Å². The van der Waals surface area contributed by atoms with E-state index in [0.717, 1.165) is 17.7 Å². The molecular weight excluding hydrogens is 273 g/mol. The van der Waals surface area contributed by atoms with E-state index in [-0.39, 0.29) is 5.82 Å². The van der Waals surface area contributed by atoms with Crippen molar-refractivity contribution in [3.05, 3.63) is 64.4 Å². The van der Waals surface area contributed by atoms with Gasteiger partial charge in [-0.05, 0) is 54.3 Å². The van der Waals surface area contributed by atoms with E-state index in [9.17, 15) is 4.39 Å². The number of rotatable bonds is 6. The number of nitrogens with one attached hydrogen (secondary N) is 1. The Labute approximate surface area is 124 Å². The van der Waals surface area contributed by atoms with Crippen LogP contribution in [0.5, 0.6) is 0 Å². The third-order valence-electron chi connectivity index (χ3n) is 3.19. The van der Waals surface area contributed by atoms with Gasteiger partial charge in [0.1, 0.15) is 5.82 Å². The van der Waals surface area contributed by atoms with Crippen LogP contribution < -0.4 is 5.32 Å². The maximum absolute atomic E-state index is 13.2.